The van der Waals surface area contributed by atoms with Crippen molar-refractivity contribution in [2.24, 2.45) is 5.73 Å². The van der Waals surface area contributed by atoms with E-state index in [0.29, 0.717) is 31.7 Å². The van der Waals surface area contributed by atoms with E-state index in [0.717, 1.165) is 16.8 Å². The molecule has 34 heavy (non-hydrogen) atoms. The van der Waals surface area contributed by atoms with Gasteiger partial charge in [-0.05, 0) is 48.4 Å². The number of rotatable bonds is 5. The molecule has 4 rings (SSSR count). The molecule has 8 nitrogen and oxygen atoms in total. The third kappa shape index (κ3) is 5.37. The van der Waals surface area contributed by atoms with E-state index >= 15 is 0 Å². The van der Waals surface area contributed by atoms with E-state index in [2.05, 4.69) is 38.3 Å². The lowest BCUT2D eigenvalue weighted by molar-refractivity contribution is -0.149. The van der Waals surface area contributed by atoms with Gasteiger partial charge in [0.1, 0.15) is 11.9 Å². The largest absolute Gasteiger partial charge is 0.497 e. The van der Waals surface area contributed by atoms with E-state index in [1.165, 1.54) is 12.5 Å². The number of carbonyl (C=O) groups is 2. The first kappa shape index (κ1) is 24.5. The van der Waals surface area contributed by atoms with Crippen molar-refractivity contribution in [2.45, 2.75) is 37.5 Å². The monoisotopic (exact) mass is 530 g/mol. The highest BCUT2D eigenvalue weighted by atomic mass is 79.9. The van der Waals surface area contributed by atoms with Crippen molar-refractivity contribution in [3.8, 4) is 5.75 Å². The Kier molecular flexibility index (Phi) is 7.75. The Hall–Kier alpha value is -2.62. The smallest absolute Gasteiger partial charge is 0.322 e. The number of hydrogen-bond acceptors (Lipinski definition) is 6. The normalized spacial score (nSPS) is 24.8. The van der Waals surface area contributed by atoms with Crippen molar-refractivity contribution in [1.29, 1.82) is 0 Å². The van der Waals surface area contributed by atoms with Gasteiger partial charge in [-0.25, -0.2) is 4.79 Å². The molecule has 9 heteroatoms. The van der Waals surface area contributed by atoms with Crippen molar-refractivity contribution >= 4 is 33.6 Å². The van der Waals surface area contributed by atoms with Crippen molar-refractivity contribution in [3.05, 3.63) is 58.6 Å². The van der Waals surface area contributed by atoms with Crippen molar-refractivity contribution in [2.75, 3.05) is 38.6 Å². The first-order valence-electron chi connectivity index (χ1n) is 11.5. The number of methoxy groups -OCH3 is 1. The third-order valence-corrected chi connectivity index (χ3v) is 7.21. The van der Waals surface area contributed by atoms with Crippen LogP contribution in [0.2, 0.25) is 0 Å². The summed E-state index contributed by atoms with van der Waals surface area (Å²) in [6, 6.07) is 15.6. The topological polar surface area (TPSA) is 97.1 Å². The molecule has 2 fully saturated rings. The summed E-state index contributed by atoms with van der Waals surface area (Å²) in [5.74, 6) is 0.596. The molecule has 0 spiro atoms. The second-order valence-corrected chi connectivity index (χ2v) is 9.68. The molecule has 2 amide bonds. The number of nitrogens with zero attached hydrogens (tertiary/aromatic N) is 2. The Labute approximate surface area is 208 Å². The number of halogens is 1. The lowest BCUT2D eigenvalue weighted by atomic mass is 9.74. The zero-order chi connectivity index (χ0) is 24.2. The number of esters is 1. The lowest BCUT2D eigenvalue weighted by Gasteiger charge is -2.57. The maximum Gasteiger partial charge on any atom is 0.322 e. The number of nitrogens with two attached hydrogens (primary N) is 1. The van der Waals surface area contributed by atoms with Crippen LogP contribution in [-0.4, -0.2) is 73.3 Å². The summed E-state index contributed by atoms with van der Waals surface area (Å²) >= 11 is 3.51. The molecular formula is C25H31BrN4O4. The molecule has 2 aliphatic heterocycles. The Balaban J connectivity index is 1.56. The van der Waals surface area contributed by atoms with Crippen LogP contribution in [0.25, 0.3) is 0 Å². The van der Waals surface area contributed by atoms with Gasteiger partial charge in [0, 0.05) is 54.7 Å². The first-order valence-corrected chi connectivity index (χ1v) is 12.3. The van der Waals surface area contributed by atoms with Crippen LogP contribution in [0.3, 0.4) is 0 Å². The predicted octanol–water partition coefficient (Wildman–Crippen LogP) is 3.42. The van der Waals surface area contributed by atoms with Crippen LogP contribution >= 0.6 is 15.9 Å². The summed E-state index contributed by atoms with van der Waals surface area (Å²) in [5, 5.41) is 2.97. The summed E-state index contributed by atoms with van der Waals surface area (Å²) in [7, 11) is 1.60. The molecule has 182 valence electrons. The van der Waals surface area contributed by atoms with Crippen LogP contribution in [0.1, 0.15) is 24.8 Å². The molecule has 4 atom stereocenters. The maximum atomic E-state index is 13.3. The number of nitrogens with one attached hydrogen (secondary N) is 1. The molecule has 2 aliphatic rings. The Bertz CT molecular complexity index is 1000. The highest BCUT2D eigenvalue weighted by molar-refractivity contribution is 9.10. The van der Waals surface area contributed by atoms with Crippen LogP contribution in [0.15, 0.2) is 53.0 Å². The average molecular weight is 531 g/mol. The highest BCUT2D eigenvalue weighted by Crippen LogP contribution is 2.42. The number of hydrogen-bond donors (Lipinski definition) is 2. The molecule has 2 aromatic rings. The molecule has 0 radical (unpaired) electrons. The fourth-order valence-corrected chi connectivity index (χ4v) is 5.34. The van der Waals surface area contributed by atoms with E-state index in [4.69, 9.17) is 15.2 Å². The van der Waals surface area contributed by atoms with Crippen molar-refractivity contribution in [1.82, 2.24) is 9.80 Å². The second-order valence-electron chi connectivity index (χ2n) is 8.77. The Morgan fingerprint density at radius 2 is 1.82 bits per heavy atom. The quantitative estimate of drug-likeness (QED) is 0.575. The molecule has 0 bridgehead atoms. The number of amides is 2. The Morgan fingerprint density at radius 3 is 2.44 bits per heavy atom. The van der Waals surface area contributed by atoms with Gasteiger partial charge in [0.05, 0.1) is 13.7 Å². The number of urea groups is 1. The summed E-state index contributed by atoms with van der Waals surface area (Å²) in [4.78, 5) is 29.1. The van der Waals surface area contributed by atoms with Gasteiger partial charge in [0.15, 0.2) is 0 Å². The number of carbonyl (C=O) groups excluding carboxylic acids is 2. The predicted molar refractivity (Wildman–Crippen MR) is 134 cm³/mol. The lowest BCUT2D eigenvalue weighted by Crippen LogP contribution is -2.69. The molecule has 0 aromatic heterocycles. The molecule has 0 aliphatic carbocycles. The second kappa shape index (κ2) is 10.8. The zero-order valence-corrected chi connectivity index (χ0v) is 21.0. The third-order valence-electron chi connectivity index (χ3n) is 6.68. The fraction of sp³-hybridized carbons (Fsp3) is 0.440. The minimum absolute atomic E-state index is 0.134. The van der Waals surface area contributed by atoms with Gasteiger partial charge in [-0.3, -0.25) is 9.69 Å². The van der Waals surface area contributed by atoms with E-state index in [-0.39, 0.29) is 36.1 Å². The van der Waals surface area contributed by atoms with Gasteiger partial charge in [0.2, 0.25) is 0 Å². The highest BCUT2D eigenvalue weighted by Gasteiger charge is 2.50. The molecule has 2 aromatic carbocycles. The van der Waals surface area contributed by atoms with Gasteiger partial charge in [-0.2, -0.15) is 0 Å². The summed E-state index contributed by atoms with van der Waals surface area (Å²) in [6.07, 6.45) is 0.275. The molecular weight excluding hydrogens is 500 g/mol. The van der Waals surface area contributed by atoms with Crippen LogP contribution in [0, 0.1) is 0 Å². The molecule has 2 saturated heterocycles. The van der Waals surface area contributed by atoms with E-state index in [1.807, 2.05) is 12.1 Å². The van der Waals surface area contributed by atoms with Crippen LogP contribution < -0.4 is 15.8 Å². The number of anilines is 1. The number of fused-ring (bicyclic) bond motifs is 1. The zero-order valence-electron chi connectivity index (χ0n) is 19.4. The van der Waals surface area contributed by atoms with Gasteiger partial charge in [-0.15, -0.1) is 0 Å². The molecule has 3 N–H and O–H groups in total. The number of ether oxygens (including phenoxy) is 2. The van der Waals surface area contributed by atoms with E-state index in [1.54, 1.807) is 36.3 Å². The maximum absolute atomic E-state index is 13.3. The summed E-state index contributed by atoms with van der Waals surface area (Å²) in [5.41, 5.74) is 8.07. The average Bonchev–Trinajstić information content (AvgIpc) is 2.80. The van der Waals surface area contributed by atoms with Crippen LogP contribution in [0.4, 0.5) is 10.5 Å². The van der Waals surface area contributed by atoms with E-state index in [9.17, 15) is 9.59 Å². The van der Waals surface area contributed by atoms with Gasteiger partial charge < -0.3 is 25.4 Å². The number of benzene rings is 2. The first-order chi connectivity index (χ1) is 16.4. The SMILES string of the molecule is COc1ccc(NC(=O)N2CC(OC(C)=O)CCN3C(C2)C(c2ccc(Br)cc2)[C@H]3CN)cc1. The minimum Gasteiger partial charge on any atom is -0.497 e. The van der Waals surface area contributed by atoms with Gasteiger partial charge in [-0.1, -0.05) is 28.1 Å². The summed E-state index contributed by atoms with van der Waals surface area (Å²) in [6.45, 7) is 3.54. The Morgan fingerprint density at radius 1 is 1.12 bits per heavy atom. The summed E-state index contributed by atoms with van der Waals surface area (Å²) < 4.78 is 11.8. The molecule has 2 heterocycles. The fourth-order valence-electron chi connectivity index (χ4n) is 5.08. The standard InChI is InChI=1S/C25H31BrN4O4/c1-16(31)34-21-11-12-30-22(13-27)24(17-3-5-18(26)6-4-17)23(30)15-29(14-21)25(32)28-19-7-9-20(33-2)10-8-19/h3-10,21-24H,11-15,27H2,1-2H3,(H,28,32)/t21?,22-,23?,24?/m1/s1. The molecule has 0 saturated carbocycles. The minimum atomic E-state index is -0.370. The van der Waals surface area contributed by atoms with Crippen LogP contribution in [0.5, 0.6) is 5.75 Å². The van der Waals surface area contributed by atoms with Crippen molar-refractivity contribution < 1.29 is 19.1 Å². The van der Waals surface area contributed by atoms with Gasteiger partial charge in [0.25, 0.3) is 0 Å². The van der Waals surface area contributed by atoms with Gasteiger partial charge >= 0.3 is 12.0 Å². The van der Waals surface area contributed by atoms with Crippen LogP contribution in [-0.2, 0) is 9.53 Å². The molecule has 3 unspecified atom stereocenters. The van der Waals surface area contributed by atoms with E-state index < -0.39 is 0 Å². The van der Waals surface area contributed by atoms with Crippen molar-refractivity contribution in [3.63, 3.8) is 0 Å².